The molecule has 0 aliphatic carbocycles. The van der Waals surface area contributed by atoms with Crippen LogP contribution in [0.4, 0.5) is 0 Å². The fourth-order valence-corrected chi connectivity index (χ4v) is 4.36. The maximum absolute atomic E-state index is 13.3. The number of carbonyl (C=O) groups is 2. The van der Waals surface area contributed by atoms with Gasteiger partial charge in [-0.2, -0.15) is 0 Å². The standard InChI is InChI=1S/C21H31N3O2/c1-4-18(5-2)24-14-17(13-20(24)25)21(26)23-12-11-22(3)15-19(23)16-9-7-6-8-10-16/h6-10,17-19H,4-5,11-15H2,1-3H3. The van der Waals surface area contributed by atoms with Gasteiger partial charge < -0.3 is 14.7 Å². The van der Waals surface area contributed by atoms with E-state index in [4.69, 9.17) is 0 Å². The van der Waals surface area contributed by atoms with E-state index >= 15 is 0 Å². The summed E-state index contributed by atoms with van der Waals surface area (Å²) in [6.45, 7) is 7.26. The molecule has 2 unspecified atom stereocenters. The van der Waals surface area contributed by atoms with Gasteiger partial charge in [-0.1, -0.05) is 44.2 Å². The Hall–Kier alpha value is -1.88. The first-order valence-electron chi connectivity index (χ1n) is 9.88. The van der Waals surface area contributed by atoms with Crippen LogP contribution in [0.1, 0.15) is 44.7 Å². The van der Waals surface area contributed by atoms with E-state index in [9.17, 15) is 9.59 Å². The summed E-state index contributed by atoms with van der Waals surface area (Å²) in [6.07, 6.45) is 2.26. The Balaban J connectivity index is 1.76. The summed E-state index contributed by atoms with van der Waals surface area (Å²) in [5, 5.41) is 0. The molecule has 2 aliphatic heterocycles. The molecule has 0 N–H and O–H groups in total. The average Bonchev–Trinajstić information content (AvgIpc) is 3.04. The molecule has 0 aromatic heterocycles. The lowest BCUT2D eigenvalue weighted by Gasteiger charge is -2.41. The van der Waals surface area contributed by atoms with Crippen molar-refractivity contribution in [3.8, 4) is 0 Å². The summed E-state index contributed by atoms with van der Waals surface area (Å²) in [5.74, 6) is 0.0916. The van der Waals surface area contributed by atoms with Crippen LogP contribution < -0.4 is 0 Å². The first kappa shape index (κ1) is 18.9. The van der Waals surface area contributed by atoms with Crippen molar-refractivity contribution in [1.82, 2.24) is 14.7 Å². The molecular weight excluding hydrogens is 326 g/mol. The van der Waals surface area contributed by atoms with E-state index in [2.05, 4.69) is 37.9 Å². The summed E-state index contributed by atoms with van der Waals surface area (Å²) in [4.78, 5) is 32.0. The molecule has 5 heteroatoms. The van der Waals surface area contributed by atoms with Crippen molar-refractivity contribution in [1.29, 1.82) is 0 Å². The third kappa shape index (κ3) is 3.78. The minimum Gasteiger partial charge on any atom is -0.339 e. The zero-order valence-electron chi connectivity index (χ0n) is 16.2. The van der Waals surface area contributed by atoms with Gasteiger partial charge in [0.15, 0.2) is 0 Å². The highest BCUT2D eigenvalue weighted by Crippen LogP contribution is 2.30. The van der Waals surface area contributed by atoms with Crippen LogP contribution in [0.25, 0.3) is 0 Å². The molecule has 1 aromatic carbocycles. The number of likely N-dealkylation sites (N-methyl/N-ethyl adjacent to an activating group) is 1. The van der Waals surface area contributed by atoms with Crippen LogP contribution in [0.3, 0.4) is 0 Å². The van der Waals surface area contributed by atoms with Gasteiger partial charge in [0.05, 0.1) is 12.0 Å². The quantitative estimate of drug-likeness (QED) is 0.813. The fourth-order valence-electron chi connectivity index (χ4n) is 4.36. The van der Waals surface area contributed by atoms with E-state index in [-0.39, 0.29) is 29.8 Å². The maximum atomic E-state index is 13.3. The molecule has 2 amide bonds. The number of hydrogen-bond acceptors (Lipinski definition) is 3. The van der Waals surface area contributed by atoms with Crippen molar-refractivity contribution in [2.24, 2.45) is 5.92 Å². The summed E-state index contributed by atoms with van der Waals surface area (Å²) in [7, 11) is 2.10. The van der Waals surface area contributed by atoms with Gasteiger partial charge >= 0.3 is 0 Å². The molecule has 2 atom stereocenters. The molecule has 0 radical (unpaired) electrons. The van der Waals surface area contributed by atoms with Crippen LogP contribution in [-0.2, 0) is 9.59 Å². The van der Waals surface area contributed by atoms with Crippen molar-refractivity contribution in [3.63, 3.8) is 0 Å². The Morgan fingerprint density at radius 1 is 1.12 bits per heavy atom. The molecule has 2 aliphatic rings. The van der Waals surface area contributed by atoms with E-state index in [1.807, 2.05) is 28.0 Å². The van der Waals surface area contributed by atoms with Gasteiger partial charge in [0.1, 0.15) is 0 Å². The molecule has 2 fully saturated rings. The van der Waals surface area contributed by atoms with E-state index in [0.29, 0.717) is 13.0 Å². The first-order valence-corrected chi connectivity index (χ1v) is 9.88. The zero-order chi connectivity index (χ0) is 18.7. The summed E-state index contributed by atoms with van der Waals surface area (Å²) >= 11 is 0. The second-order valence-corrected chi connectivity index (χ2v) is 7.64. The predicted molar refractivity (Wildman–Crippen MR) is 103 cm³/mol. The SMILES string of the molecule is CCC(CC)N1CC(C(=O)N2CCN(C)CC2c2ccccc2)CC1=O. The van der Waals surface area contributed by atoms with E-state index in [1.54, 1.807) is 0 Å². The van der Waals surface area contributed by atoms with Crippen LogP contribution >= 0.6 is 0 Å². The Morgan fingerprint density at radius 2 is 1.81 bits per heavy atom. The highest BCUT2D eigenvalue weighted by Gasteiger charge is 2.41. The lowest BCUT2D eigenvalue weighted by molar-refractivity contribution is -0.140. The van der Waals surface area contributed by atoms with Gasteiger partial charge in [-0.3, -0.25) is 9.59 Å². The topological polar surface area (TPSA) is 43.9 Å². The van der Waals surface area contributed by atoms with E-state index in [1.165, 1.54) is 5.56 Å². The number of hydrogen-bond donors (Lipinski definition) is 0. The molecule has 0 bridgehead atoms. The van der Waals surface area contributed by atoms with Gasteiger partial charge in [0, 0.05) is 38.6 Å². The number of rotatable bonds is 5. The minimum atomic E-state index is -0.197. The summed E-state index contributed by atoms with van der Waals surface area (Å²) < 4.78 is 0. The molecule has 3 rings (SSSR count). The van der Waals surface area contributed by atoms with Crippen molar-refractivity contribution < 1.29 is 9.59 Å². The number of benzene rings is 1. The highest BCUT2D eigenvalue weighted by molar-refractivity contribution is 5.89. The number of piperazine rings is 1. The fraction of sp³-hybridized carbons (Fsp3) is 0.619. The van der Waals surface area contributed by atoms with E-state index in [0.717, 1.165) is 32.5 Å². The Bertz CT molecular complexity index is 629. The van der Waals surface area contributed by atoms with E-state index < -0.39 is 0 Å². The molecule has 2 heterocycles. The molecule has 26 heavy (non-hydrogen) atoms. The van der Waals surface area contributed by atoms with Crippen LogP contribution in [0.2, 0.25) is 0 Å². The minimum absolute atomic E-state index is 0.0692. The normalized spacial score (nSPS) is 24.5. The first-order chi connectivity index (χ1) is 12.5. The lowest BCUT2D eigenvalue weighted by atomic mass is 9.99. The molecule has 0 spiro atoms. The Morgan fingerprint density at radius 3 is 2.46 bits per heavy atom. The predicted octanol–water partition coefficient (Wildman–Crippen LogP) is 2.54. The van der Waals surface area contributed by atoms with Crippen molar-refractivity contribution in [3.05, 3.63) is 35.9 Å². The second-order valence-electron chi connectivity index (χ2n) is 7.64. The lowest BCUT2D eigenvalue weighted by Crippen LogP contribution is -2.51. The Labute approximate surface area is 156 Å². The van der Waals surface area contributed by atoms with Crippen molar-refractivity contribution in [2.75, 3.05) is 33.2 Å². The average molecular weight is 357 g/mol. The highest BCUT2D eigenvalue weighted by atomic mass is 16.2. The number of carbonyl (C=O) groups excluding carboxylic acids is 2. The van der Waals surface area contributed by atoms with Gasteiger partial charge in [0.25, 0.3) is 0 Å². The number of amides is 2. The smallest absolute Gasteiger partial charge is 0.228 e. The molecular formula is C21H31N3O2. The van der Waals surface area contributed by atoms with Crippen molar-refractivity contribution >= 4 is 11.8 Å². The molecule has 2 saturated heterocycles. The number of likely N-dealkylation sites (tertiary alicyclic amines) is 1. The molecule has 5 nitrogen and oxygen atoms in total. The van der Waals surface area contributed by atoms with Gasteiger partial charge in [-0.05, 0) is 25.5 Å². The van der Waals surface area contributed by atoms with Crippen LogP contribution in [-0.4, -0.2) is 65.8 Å². The summed E-state index contributed by atoms with van der Waals surface area (Å²) in [6, 6.07) is 10.6. The third-order valence-corrected chi connectivity index (χ3v) is 5.94. The molecule has 0 saturated carbocycles. The second kappa shape index (κ2) is 8.21. The Kier molecular flexibility index (Phi) is 5.97. The maximum Gasteiger partial charge on any atom is 0.228 e. The number of nitrogens with zero attached hydrogens (tertiary/aromatic N) is 3. The van der Waals surface area contributed by atoms with Crippen LogP contribution in [0, 0.1) is 5.92 Å². The summed E-state index contributed by atoms with van der Waals surface area (Å²) in [5.41, 5.74) is 1.17. The van der Waals surface area contributed by atoms with Gasteiger partial charge in [0.2, 0.25) is 11.8 Å². The van der Waals surface area contributed by atoms with Gasteiger partial charge in [-0.25, -0.2) is 0 Å². The van der Waals surface area contributed by atoms with Crippen LogP contribution in [0.15, 0.2) is 30.3 Å². The van der Waals surface area contributed by atoms with Crippen molar-refractivity contribution in [2.45, 2.75) is 45.2 Å². The monoisotopic (exact) mass is 357 g/mol. The zero-order valence-corrected chi connectivity index (χ0v) is 16.2. The molecule has 1 aromatic rings. The van der Waals surface area contributed by atoms with Gasteiger partial charge in [-0.15, -0.1) is 0 Å². The molecule has 142 valence electrons. The van der Waals surface area contributed by atoms with Crippen LogP contribution in [0.5, 0.6) is 0 Å². The third-order valence-electron chi connectivity index (χ3n) is 5.94. The largest absolute Gasteiger partial charge is 0.339 e.